The van der Waals surface area contributed by atoms with Gasteiger partial charge in [-0.05, 0) is 18.8 Å². The number of rotatable bonds is 5. The Morgan fingerprint density at radius 2 is 2.27 bits per heavy atom. The first kappa shape index (κ1) is 11.1. The summed E-state index contributed by atoms with van der Waals surface area (Å²) in [6, 6.07) is 0. The van der Waals surface area contributed by atoms with E-state index in [9.17, 15) is 10.1 Å². The molecule has 1 aromatic rings. The summed E-state index contributed by atoms with van der Waals surface area (Å²) < 4.78 is 0. The number of nitrogens with zero attached hydrogens (tertiary/aromatic N) is 5. The third-order valence-electron chi connectivity index (χ3n) is 1.78. The van der Waals surface area contributed by atoms with Crippen molar-refractivity contribution in [1.29, 1.82) is 0 Å². The van der Waals surface area contributed by atoms with Crippen LogP contribution in [-0.4, -0.2) is 33.0 Å². The topological polar surface area (TPSA) is 99.8 Å². The summed E-state index contributed by atoms with van der Waals surface area (Å²) in [5, 5.41) is 19.7. The Hall–Kier alpha value is -1.99. The van der Waals surface area contributed by atoms with Gasteiger partial charge in [-0.15, -0.1) is 5.11 Å². The van der Waals surface area contributed by atoms with Crippen LogP contribution in [0.4, 0.5) is 11.6 Å². The van der Waals surface area contributed by atoms with Crippen molar-refractivity contribution >= 4 is 11.6 Å². The van der Waals surface area contributed by atoms with Crippen molar-refractivity contribution in [2.45, 2.75) is 13.8 Å². The average Bonchev–Trinajstić information content (AvgIpc) is 2.67. The van der Waals surface area contributed by atoms with Crippen LogP contribution in [0.1, 0.15) is 13.8 Å². The molecule has 0 radical (unpaired) electrons. The molecule has 1 heterocycles. The van der Waals surface area contributed by atoms with Gasteiger partial charge in [0.1, 0.15) is 0 Å². The van der Waals surface area contributed by atoms with E-state index in [0.29, 0.717) is 13.1 Å². The van der Waals surface area contributed by atoms with Gasteiger partial charge < -0.3 is 10.1 Å². The molecule has 15 heavy (non-hydrogen) atoms. The Kier molecular flexibility index (Phi) is 3.72. The highest BCUT2D eigenvalue weighted by Crippen LogP contribution is 2.21. The van der Waals surface area contributed by atoms with E-state index >= 15 is 0 Å². The first-order valence-corrected chi connectivity index (χ1v) is 4.53. The number of hydrogen-bond donors (Lipinski definition) is 1. The fraction of sp³-hybridized carbons (Fsp3) is 0.571. The minimum absolute atomic E-state index is 0.00750. The van der Waals surface area contributed by atoms with Gasteiger partial charge in [0.05, 0.1) is 0 Å². The van der Waals surface area contributed by atoms with Crippen molar-refractivity contribution in [3.05, 3.63) is 16.4 Å². The van der Waals surface area contributed by atoms with Crippen molar-refractivity contribution < 1.29 is 4.92 Å². The standard InChI is InChI=1S/C7H12N6O2/c1-3-12(4-2)11-10-6-7(13(14)15)9-5-8-6/h5H,3-4H2,1-2H3,(H,8,9). The molecular formula is C7H12N6O2. The van der Waals surface area contributed by atoms with E-state index in [1.54, 1.807) is 5.01 Å². The molecule has 0 saturated heterocycles. The zero-order chi connectivity index (χ0) is 11.3. The largest absolute Gasteiger partial charge is 0.369 e. The second kappa shape index (κ2) is 5.03. The lowest BCUT2D eigenvalue weighted by molar-refractivity contribution is -0.388. The Balaban J connectivity index is 2.79. The van der Waals surface area contributed by atoms with E-state index in [1.165, 1.54) is 6.33 Å². The van der Waals surface area contributed by atoms with Gasteiger partial charge in [0.25, 0.3) is 5.82 Å². The lowest BCUT2D eigenvalue weighted by atomic mass is 10.6. The van der Waals surface area contributed by atoms with Crippen LogP contribution in [0.15, 0.2) is 16.7 Å². The number of nitro groups is 1. The van der Waals surface area contributed by atoms with Crippen molar-refractivity contribution in [2.24, 2.45) is 10.3 Å². The second-order valence-electron chi connectivity index (χ2n) is 2.66. The van der Waals surface area contributed by atoms with E-state index in [-0.39, 0.29) is 11.6 Å². The maximum atomic E-state index is 10.5. The van der Waals surface area contributed by atoms with Crippen molar-refractivity contribution in [2.75, 3.05) is 13.1 Å². The lowest BCUT2D eigenvalue weighted by Gasteiger charge is -2.10. The molecule has 0 aliphatic rings. The van der Waals surface area contributed by atoms with Gasteiger partial charge in [0.15, 0.2) is 6.33 Å². The molecule has 0 spiro atoms. The van der Waals surface area contributed by atoms with Crippen LogP contribution in [0.3, 0.4) is 0 Å². The van der Waals surface area contributed by atoms with Crippen molar-refractivity contribution in [3.8, 4) is 0 Å². The van der Waals surface area contributed by atoms with Crippen LogP contribution >= 0.6 is 0 Å². The molecule has 82 valence electrons. The lowest BCUT2D eigenvalue weighted by Crippen LogP contribution is -2.14. The summed E-state index contributed by atoms with van der Waals surface area (Å²) in [6.45, 7) is 5.22. The zero-order valence-corrected chi connectivity index (χ0v) is 8.54. The SMILES string of the molecule is CCN(CC)N=Nc1nc[nH]c1[N+](=O)[O-]. The average molecular weight is 212 g/mol. The van der Waals surface area contributed by atoms with E-state index in [0.717, 1.165) is 0 Å². The fourth-order valence-electron chi connectivity index (χ4n) is 0.943. The van der Waals surface area contributed by atoms with E-state index in [1.807, 2.05) is 13.8 Å². The summed E-state index contributed by atoms with van der Waals surface area (Å²) in [5.41, 5.74) is 0. The van der Waals surface area contributed by atoms with Gasteiger partial charge in [-0.3, -0.25) is 5.01 Å². The number of nitrogens with one attached hydrogen (secondary N) is 1. The van der Waals surface area contributed by atoms with Gasteiger partial charge in [-0.25, -0.2) is 4.98 Å². The monoisotopic (exact) mass is 212 g/mol. The van der Waals surface area contributed by atoms with Gasteiger partial charge >= 0.3 is 5.82 Å². The van der Waals surface area contributed by atoms with E-state index in [2.05, 4.69) is 20.3 Å². The normalized spacial score (nSPS) is 10.8. The van der Waals surface area contributed by atoms with Gasteiger partial charge in [0.2, 0.25) is 0 Å². The van der Waals surface area contributed by atoms with Gasteiger partial charge in [-0.2, -0.15) is 4.98 Å². The number of H-pyrrole nitrogens is 1. The first-order chi connectivity index (χ1) is 7.19. The van der Waals surface area contributed by atoms with Crippen molar-refractivity contribution in [3.63, 3.8) is 0 Å². The maximum Gasteiger partial charge on any atom is 0.369 e. The third-order valence-corrected chi connectivity index (χ3v) is 1.78. The minimum atomic E-state index is -0.580. The van der Waals surface area contributed by atoms with Crippen LogP contribution in [0.25, 0.3) is 0 Å². The van der Waals surface area contributed by atoms with E-state index in [4.69, 9.17) is 0 Å². The molecule has 1 rings (SSSR count). The first-order valence-electron chi connectivity index (χ1n) is 4.53. The molecule has 1 aromatic heterocycles. The zero-order valence-electron chi connectivity index (χ0n) is 8.54. The molecular weight excluding hydrogens is 200 g/mol. The maximum absolute atomic E-state index is 10.5. The predicted octanol–water partition coefficient (Wildman–Crippen LogP) is 1.66. The molecule has 1 N–H and O–H groups in total. The Bertz CT molecular complexity index is 356. The summed E-state index contributed by atoms with van der Waals surface area (Å²) >= 11 is 0. The summed E-state index contributed by atoms with van der Waals surface area (Å²) in [6.07, 6.45) is 1.22. The highest BCUT2D eigenvalue weighted by atomic mass is 16.6. The molecule has 0 aromatic carbocycles. The van der Waals surface area contributed by atoms with Crippen LogP contribution in [-0.2, 0) is 0 Å². The Morgan fingerprint density at radius 3 is 2.80 bits per heavy atom. The fourth-order valence-corrected chi connectivity index (χ4v) is 0.943. The summed E-state index contributed by atoms with van der Waals surface area (Å²) in [7, 11) is 0. The third kappa shape index (κ3) is 2.73. The summed E-state index contributed by atoms with van der Waals surface area (Å²) in [5.74, 6) is -0.252. The number of aromatic nitrogens is 2. The van der Waals surface area contributed by atoms with E-state index < -0.39 is 4.92 Å². The highest BCUT2D eigenvalue weighted by molar-refractivity contribution is 5.44. The van der Waals surface area contributed by atoms with Crippen molar-refractivity contribution in [1.82, 2.24) is 15.0 Å². The molecule has 0 amide bonds. The molecule has 0 aliphatic heterocycles. The molecule has 0 atom stereocenters. The van der Waals surface area contributed by atoms with Crippen LogP contribution in [0, 0.1) is 10.1 Å². The molecule has 8 heteroatoms. The van der Waals surface area contributed by atoms with Gasteiger partial charge in [0, 0.05) is 13.1 Å². The Labute approximate surface area is 86.1 Å². The Morgan fingerprint density at radius 1 is 1.60 bits per heavy atom. The minimum Gasteiger partial charge on any atom is -0.358 e. The molecule has 0 saturated carbocycles. The summed E-state index contributed by atoms with van der Waals surface area (Å²) in [4.78, 5) is 16.0. The molecule has 8 nitrogen and oxygen atoms in total. The number of aromatic amines is 1. The highest BCUT2D eigenvalue weighted by Gasteiger charge is 2.14. The molecule has 0 fully saturated rings. The van der Waals surface area contributed by atoms with Crippen LogP contribution in [0.2, 0.25) is 0 Å². The molecule has 0 unspecified atom stereocenters. The molecule has 0 aliphatic carbocycles. The smallest absolute Gasteiger partial charge is 0.358 e. The second-order valence-corrected chi connectivity index (χ2v) is 2.66. The molecule has 0 bridgehead atoms. The van der Waals surface area contributed by atoms with Gasteiger partial charge in [-0.1, -0.05) is 5.22 Å². The number of hydrogen-bond acceptors (Lipinski definition) is 5. The predicted molar refractivity (Wildman–Crippen MR) is 52.7 cm³/mol. The van der Waals surface area contributed by atoms with Crippen LogP contribution in [0.5, 0.6) is 0 Å². The number of imidazole rings is 1. The van der Waals surface area contributed by atoms with Crippen LogP contribution < -0.4 is 0 Å². The quantitative estimate of drug-likeness (QED) is 0.455.